The molecule has 9 nitrogen and oxygen atoms in total. The Kier molecular flexibility index (Phi) is 7.63. The SMILES string of the molecule is CCN1CCN(c2nn(C)c3ccc(-c4nc5cc(C)c(C(OC(C)(C)C)C(=O)O)c(-c6ccc(Cl)cc6)c5s4)cc23)C1=O. The third-order valence-corrected chi connectivity index (χ3v) is 9.22. The van der Waals surface area contributed by atoms with Crippen molar-refractivity contribution in [2.24, 2.45) is 7.05 Å². The molecule has 1 unspecified atom stereocenters. The van der Waals surface area contributed by atoms with Gasteiger partial charge in [-0.1, -0.05) is 23.7 Å². The standard InChI is InChI=1S/C33H34ClN5O4S/c1-7-38-14-15-39(32(38)42)29-22-17-20(10-13-24(22)37(6)36-29)30-35-23-16-18(2)25(27(31(40)41)43-33(3,4)5)26(28(23)44-30)19-8-11-21(34)12-9-19/h8-13,16-17,27H,7,14-15H2,1-6H3,(H,40,41). The van der Waals surface area contributed by atoms with E-state index in [9.17, 15) is 14.7 Å². The van der Waals surface area contributed by atoms with E-state index in [1.54, 1.807) is 21.7 Å². The first-order valence-corrected chi connectivity index (χ1v) is 15.7. The molecule has 11 heteroatoms. The van der Waals surface area contributed by atoms with Crippen molar-refractivity contribution >= 4 is 61.9 Å². The topological polar surface area (TPSA) is 101 Å². The number of hydrogen-bond donors (Lipinski definition) is 1. The van der Waals surface area contributed by atoms with Crippen LogP contribution in [0, 0.1) is 6.92 Å². The van der Waals surface area contributed by atoms with Gasteiger partial charge in [-0.05, 0) is 82.1 Å². The third-order valence-electron chi connectivity index (χ3n) is 7.83. The number of benzene rings is 3. The van der Waals surface area contributed by atoms with Crippen LogP contribution in [-0.4, -0.2) is 62.0 Å². The number of nitrogens with zero attached hydrogens (tertiary/aromatic N) is 5. The lowest BCUT2D eigenvalue weighted by atomic mass is 9.91. The van der Waals surface area contributed by atoms with E-state index in [0.29, 0.717) is 36.0 Å². The predicted molar refractivity (Wildman–Crippen MR) is 176 cm³/mol. The summed E-state index contributed by atoms with van der Waals surface area (Å²) in [6.07, 6.45) is -1.19. The van der Waals surface area contributed by atoms with Crippen molar-refractivity contribution in [2.45, 2.75) is 46.3 Å². The first kappa shape index (κ1) is 30.1. The lowest BCUT2D eigenvalue weighted by Gasteiger charge is -2.28. The highest BCUT2D eigenvalue weighted by Crippen LogP contribution is 2.45. The fraction of sp³-hybridized carbons (Fsp3) is 0.333. The average Bonchev–Trinajstić information content (AvgIpc) is 3.65. The Morgan fingerprint density at radius 2 is 1.82 bits per heavy atom. The highest BCUT2D eigenvalue weighted by atomic mass is 35.5. The van der Waals surface area contributed by atoms with Gasteiger partial charge in [-0.25, -0.2) is 14.6 Å². The number of carboxylic acid groups (broad SMARTS) is 1. The molecule has 228 valence electrons. The summed E-state index contributed by atoms with van der Waals surface area (Å²) < 4.78 is 8.79. The minimum absolute atomic E-state index is 0.0426. The Hall–Kier alpha value is -3.99. The van der Waals surface area contributed by atoms with Crippen LogP contribution in [0.2, 0.25) is 5.02 Å². The minimum Gasteiger partial charge on any atom is -0.479 e. The molecule has 44 heavy (non-hydrogen) atoms. The van der Waals surface area contributed by atoms with E-state index in [1.807, 2.05) is 83.0 Å². The predicted octanol–water partition coefficient (Wildman–Crippen LogP) is 7.68. The van der Waals surface area contributed by atoms with Crippen LogP contribution in [0.15, 0.2) is 48.5 Å². The molecule has 1 aliphatic rings. The Morgan fingerprint density at radius 3 is 2.45 bits per heavy atom. The van der Waals surface area contributed by atoms with Gasteiger partial charge in [0.1, 0.15) is 5.01 Å². The van der Waals surface area contributed by atoms with Crippen molar-refractivity contribution in [3.8, 4) is 21.7 Å². The molecule has 0 bridgehead atoms. The van der Waals surface area contributed by atoms with Gasteiger partial charge in [0, 0.05) is 53.8 Å². The summed E-state index contributed by atoms with van der Waals surface area (Å²) in [4.78, 5) is 34.3. The van der Waals surface area contributed by atoms with Gasteiger partial charge < -0.3 is 14.7 Å². The van der Waals surface area contributed by atoms with Gasteiger partial charge in [-0.2, -0.15) is 5.10 Å². The number of carbonyl (C=O) groups excluding carboxylic acids is 1. The van der Waals surface area contributed by atoms with Crippen LogP contribution in [0.5, 0.6) is 0 Å². The molecule has 0 radical (unpaired) electrons. The summed E-state index contributed by atoms with van der Waals surface area (Å²) >= 11 is 7.74. The van der Waals surface area contributed by atoms with Gasteiger partial charge in [0.05, 0.1) is 21.3 Å². The van der Waals surface area contributed by atoms with Crippen LogP contribution in [0.25, 0.3) is 42.8 Å². The summed E-state index contributed by atoms with van der Waals surface area (Å²) in [7, 11) is 1.88. The lowest BCUT2D eigenvalue weighted by molar-refractivity contribution is -0.160. The van der Waals surface area contributed by atoms with Crippen LogP contribution >= 0.6 is 22.9 Å². The summed E-state index contributed by atoms with van der Waals surface area (Å²) in [6.45, 7) is 11.3. The first-order valence-electron chi connectivity index (χ1n) is 14.5. The Morgan fingerprint density at radius 1 is 1.11 bits per heavy atom. The summed E-state index contributed by atoms with van der Waals surface area (Å²) in [5, 5.41) is 17.3. The van der Waals surface area contributed by atoms with E-state index < -0.39 is 17.7 Å². The maximum Gasteiger partial charge on any atom is 0.337 e. The molecule has 3 aromatic carbocycles. The number of hydrogen-bond acceptors (Lipinski definition) is 6. The lowest BCUT2D eigenvalue weighted by Crippen LogP contribution is -2.31. The van der Waals surface area contributed by atoms with Crippen LogP contribution in [0.4, 0.5) is 10.6 Å². The second-order valence-corrected chi connectivity index (χ2v) is 13.4. The second kappa shape index (κ2) is 11.2. The van der Waals surface area contributed by atoms with Gasteiger partial charge >= 0.3 is 12.0 Å². The number of anilines is 1. The zero-order valence-electron chi connectivity index (χ0n) is 25.5. The van der Waals surface area contributed by atoms with Gasteiger partial charge in [0.15, 0.2) is 11.9 Å². The molecule has 3 heterocycles. The summed E-state index contributed by atoms with van der Waals surface area (Å²) in [6, 6.07) is 15.3. The number of amides is 2. The number of thiazole rings is 1. The van der Waals surface area contributed by atoms with E-state index >= 15 is 0 Å². The number of aliphatic carboxylic acids is 1. The molecule has 0 aliphatic carbocycles. The number of aryl methyl sites for hydroxylation is 2. The number of likely N-dealkylation sites (N-methyl/N-ethyl adjacent to an activating group) is 1. The van der Waals surface area contributed by atoms with Gasteiger partial charge in [-0.3, -0.25) is 9.58 Å². The molecule has 2 aromatic heterocycles. The van der Waals surface area contributed by atoms with E-state index in [1.165, 1.54) is 11.3 Å². The zero-order valence-corrected chi connectivity index (χ0v) is 27.1. The quantitative estimate of drug-likeness (QED) is 0.198. The van der Waals surface area contributed by atoms with Crippen molar-refractivity contribution in [3.63, 3.8) is 0 Å². The Bertz CT molecular complexity index is 1930. The fourth-order valence-corrected chi connectivity index (χ4v) is 7.06. The van der Waals surface area contributed by atoms with Gasteiger partial charge in [0.25, 0.3) is 0 Å². The molecule has 1 N–H and O–H groups in total. The fourth-order valence-electron chi connectivity index (χ4n) is 5.81. The monoisotopic (exact) mass is 631 g/mol. The number of fused-ring (bicyclic) bond motifs is 2. The number of aromatic nitrogens is 3. The molecule has 6 rings (SSSR count). The Balaban J connectivity index is 1.54. The van der Waals surface area contributed by atoms with Crippen molar-refractivity contribution in [3.05, 3.63) is 64.7 Å². The number of urea groups is 1. The molecule has 0 spiro atoms. The van der Waals surface area contributed by atoms with E-state index in [2.05, 4.69) is 0 Å². The summed E-state index contributed by atoms with van der Waals surface area (Å²) in [5.41, 5.74) is 4.82. The molecule has 2 amide bonds. The van der Waals surface area contributed by atoms with Crippen molar-refractivity contribution < 1.29 is 19.4 Å². The number of halogens is 1. The summed E-state index contributed by atoms with van der Waals surface area (Å²) in [5.74, 6) is -0.426. The maximum atomic E-state index is 13.0. The number of carbonyl (C=O) groups is 2. The minimum atomic E-state index is -1.19. The van der Waals surface area contributed by atoms with E-state index in [4.69, 9.17) is 26.4 Å². The molecular formula is C33H34ClN5O4S. The van der Waals surface area contributed by atoms with Crippen molar-refractivity contribution in [1.82, 2.24) is 19.7 Å². The number of rotatable bonds is 7. The van der Waals surface area contributed by atoms with Crippen LogP contribution in [-0.2, 0) is 16.6 Å². The second-order valence-electron chi connectivity index (χ2n) is 12.0. The van der Waals surface area contributed by atoms with Crippen molar-refractivity contribution in [1.29, 1.82) is 0 Å². The van der Waals surface area contributed by atoms with E-state index in [-0.39, 0.29) is 6.03 Å². The molecule has 5 aromatic rings. The highest BCUT2D eigenvalue weighted by molar-refractivity contribution is 7.22. The molecule has 1 atom stereocenters. The van der Waals surface area contributed by atoms with Gasteiger partial charge in [-0.15, -0.1) is 11.3 Å². The largest absolute Gasteiger partial charge is 0.479 e. The van der Waals surface area contributed by atoms with Crippen LogP contribution < -0.4 is 4.90 Å². The van der Waals surface area contributed by atoms with Crippen LogP contribution in [0.1, 0.15) is 44.9 Å². The highest BCUT2D eigenvalue weighted by Gasteiger charge is 2.33. The smallest absolute Gasteiger partial charge is 0.337 e. The zero-order chi connectivity index (χ0) is 31.5. The van der Waals surface area contributed by atoms with Gasteiger partial charge in [0.2, 0.25) is 0 Å². The molecule has 0 saturated carbocycles. The first-order chi connectivity index (χ1) is 20.9. The Labute approximate surface area is 264 Å². The molecule has 1 saturated heterocycles. The number of ether oxygens (including phenoxy) is 1. The number of carboxylic acids is 1. The van der Waals surface area contributed by atoms with E-state index in [0.717, 1.165) is 48.4 Å². The normalized spacial score (nSPS) is 14.8. The molecule has 1 aliphatic heterocycles. The maximum absolute atomic E-state index is 13.0. The third kappa shape index (κ3) is 5.31. The molecule has 1 fully saturated rings. The average molecular weight is 632 g/mol. The van der Waals surface area contributed by atoms with Crippen LogP contribution in [0.3, 0.4) is 0 Å². The van der Waals surface area contributed by atoms with Crippen molar-refractivity contribution in [2.75, 3.05) is 24.5 Å². The molecular weight excluding hydrogens is 598 g/mol.